The molecule has 1 aromatic rings. The monoisotopic (exact) mass is 362 g/mol. The number of nitrogens with two attached hydrogens (primary N) is 1. The number of benzene rings is 1. The molecule has 0 unspecified atom stereocenters. The quantitative estimate of drug-likeness (QED) is 0.374. The van der Waals surface area contributed by atoms with Gasteiger partial charge in [0.25, 0.3) is 0 Å². The molecule has 2 atom stereocenters. The maximum atomic E-state index is 12.1. The van der Waals surface area contributed by atoms with Crippen molar-refractivity contribution in [3.05, 3.63) is 35.4 Å². The smallest absolute Gasteiger partial charge is 0.410 e. The minimum atomic E-state index is -0.987. The molecule has 4 N–H and O–H groups in total. The molecular formula is C17H22N4O5. The molecule has 0 aromatic heterocycles. The van der Waals surface area contributed by atoms with Gasteiger partial charge in [-0.05, 0) is 11.1 Å². The van der Waals surface area contributed by atoms with Crippen LogP contribution < -0.4 is 11.2 Å². The standard InChI is InChI=1S/C17H22N4O5/c1-21-14(12-4-2-11(3-5-12)10-20-18)8-13(26-17(21)25)9-15(22)19-7-6-16(23)24/h2-5,10,13-14H,6-9,18H2,1H3,(H,19,22)(H,23,24)/t13-,14+/m1/s1. The van der Waals surface area contributed by atoms with E-state index in [0.29, 0.717) is 6.42 Å². The van der Waals surface area contributed by atoms with Gasteiger partial charge in [0.1, 0.15) is 6.10 Å². The van der Waals surface area contributed by atoms with Gasteiger partial charge in [0.2, 0.25) is 5.91 Å². The van der Waals surface area contributed by atoms with E-state index in [1.54, 1.807) is 7.05 Å². The summed E-state index contributed by atoms with van der Waals surface area (Å²) in [4.78, 5) is 36.0. The van der Waals surface area contributed by atoms with Gasteiger partial charge in [-0.3, -0.25) is 9.59 Å². The number of hydrogen-bond acceptors (Lipinski definition) is 6. The predicted molar refractivity (Wildman–Crippen MR) is 93.5 cm³/mol. The first-order valence-electron chi connectivity index (χ1n) is 8.16. The summed E-state index contributed by atoms with van der Waals surface area (Å²) in [7, 11) is 1.64. The summed E-state index contributed by atoms with van der Waals surface area (Å²) in [5, 5.41) is 14.6. The van der Waals surface area contributed by atoms with Crippen LogP contribution in [0.3, 0.4) is 0 Å². The number of carboxylic acid groups (broad SMARTS) is 1. The van der Waals surface area contributed by atoms with E-state index in [9.17, 15) is 14.4 Å². The van der Waals surface area contributed by atoms with Crippen LogP contribution >= 0.6 is 0 Å². The van der Waals surface area contributed by atoms with Gasteiger partial charge in [-0.15, -0.1) is 0 Å². The van der Waals surface area contributed by atoms with Crippen LogP contribution in [0, 0.1) is 0 Å². The summed E-state index contributed by atoms with van der Waals surface area (Å²) in [5.74, 6) is 3.79. The predicted octanol–water partition coefficient (Wildman–Crippen LogP) is 0.842. The zero-order chi connectivity index (χ0) is 19.1. The second-order valence-corrected chi connectivity index (χ2v) is 6.01. The molecule has 140 valence electrons. The Morgan fingerprint density at radius 2 is 2.12 bits per heavy atom. The number of nitrogens with zero attached hydrogens (tertiary/aromatic N) is 2. The molecule has 1 aliphatic heterocycles. The van der Waals surface area contributed by atoms with Crippen LogP contribution in [0.5, 0.6) is 0 Å². The van der Waals surface area contributed by atoms with Crippen molar-refractivity contribution in [1.29, 1.82) is 0 Å². The Bertz CT molecular complexity index is 689. The van der Waals surface area contributed by atoms with E-state index in [4.69, 9.17) is 15.7 Å². The third-order valence-electron chi connectivity index (χ3n) is 4.13. The molecular weight excluding hydrogens is 340 g/mol. The van der Waals surface area contributed by atoms with Crippen molar-refractivity contribution >= 4 is 24.2 Å². The normalized spacial score (nSPS) is 20.0. The number of ether oxygens (including phenoxy) is 1. The summed E-state index contributed by atoms with van der Waals surface area (Å²) in [5.41, 5.74) is 1.75. The largest absolute Gasteiger partial charge is 0.481 e. The number of hydrogen-bond donors (Lipinski definition) is 3. The lowest BCUT2D eigenvalue weighted by atomic mass is 9.96. The SMILES string of the molecule is CN1C(=O)O[C@@H](CC(=O)NCCC(=O)O)C[C@H]1c1ccc(C=NN)cc1. The molecule has 9 heteroatoms. The van der Waals surface area contributed by atoms with Crippen molar-refractivity contribution in [2.75, 3.05) is 13.6 Å². The highest BCUT2D eigenvalue weighted by atomic mass is 16.6. The zero-order valence-electron chi connectivity index (χ0n) is 14.4. The van der Waals surface area contributed by atoms with Gasteiger partial charge < -0.3 is 25.9 Å². The van der Waals surface area contributed by atoms with Crippen molar-refractivity contribution in [2.45, 2.75) is 31.4 Å². The maximum Gasteiger partial charge on any atom is 0.410 e. The number of hydrazone groups is 1. The zero-order valence-corrected chi connectivity index (χ0v) is 14.4. The van der Waals surface area contributed by atoms with Crippen molar-refractivity contribution in [3.63, 3.8) is 0 Å². The van der Waals surface area contributed by atoms with Gasteiger partial charge >= 0.3 is 12.1 Å². The fraction of sp³-hybridized carbons (Fsp3) is 0.412. The summed E-state index contributed by atoms with van der Waals surface area (Å²) in [6.45, 7) is 0.0440. The first-order chi connectivity index (χ1) is 12.4. The molecule has 1 heterocycles. The Hall–Kier alpha value is -3.10. The molecule has 1 aliphatic rings. The lowest BCUT2D eigenvalue weighted by molar-refractivity contribution is -0.136. The average molecular weight is 362 g/mol. The van der Waals surface area contributed by atoms with Crippen molar-refractivity contribution in [1.82, 2.24) is 10.2 Å². The van der Waals surface area contributed by atoms with E-state index in [1.165, 1.54) is 11.1 Å². The van der Waals surface area contributed by atoms with Gasteiger partial charge in [-0.2, -0.15) is 5.10 Å². The molecule has 0 bridgehead atoms. The number of cyclic esters (lactones) is 1. The number of aliphatic carboxylic acids is 1. The van der Waals surface area contributed by atoms with E-state index in [1.807, 2.05) is 24.3 Å². The Labute approximate surface area is 150 Å². The lowest BCUT2D eigenvalue weighted by Crippen LogP contribution is -2.43. The molecule has 1 saturated heterocycles. The minimum Gasteiger partial charge on any atom is -0.481 e. The molecule has 0 saturated carbocycles. The fourth-order valence-corrected chi connectivity index (χ4v) is 2.77. The Balaban J connectivity index is 2.00. The van der Waals surface area contributed by atoms with Gasteiger partial charge in [0.05, 0.1) is 25.1 Å². The van der Waals surface area contributed by atoms with Crippen LogP contribution in [0.2, 0.25) is 0 Å². The first kappa shape index (κ1) is 19.2. The van der Waals surface area contributed by atoms with E-state index < -0.39 is 18.2 Å². The van der Waals surface area contributed by atoms with Crippen LogP contribution in [0.4, 0.5) is 4.79 Å². The van der Waals surface area contributed by atoms with Crippen LogP contribution in [-0.2, 0) is 14.3 Å². The minimum absolute atomic E-state index is 0.00634. The molecule has 2 rings (SSSR count). The van der Waals surface area contributed by atoms with Gasteiger partial charge in [0, 0.05) is 20.0 Å². The fourth-order valence-electron chi connectivity index (χ4n) is 2.77. The molecule has 1 fully saturated rings. The highest BCUT2D eigenvalue weighted by Gasteiger charge is 2.34. The van der Waals surface area contributed by atoms with E-state index in [0.717, 1.165) is 11.1 Å². The topological polar surface area (TPSA) is 134 Å². The Morgan fingerprint density at radius 3 is 2.73 bits per heavy atom. The van der Waals surface area contributed by atoms with E-state index in [2.05, 4.69) is 10.4 Å². The van der Waals surface area contributed by atoms with Crippen LogP contribution in [-0.4, -0.2) is 53.9 Å². The third kappa shape index (κ3) is 5.20. The lowest BCUT2D eigenvalue weighted by Gasteiger charge is -2.36. The average Bonchev–Trinajstić information content (AvgIpc) is 2.58. The Morgan fingerprint density at radius 1 is 1.42 bits per heavy atom. The maximum absolute atomic E-state index is 12.1. The van der Waals surface area contributed by atoms with Gasteiger partial charge in [-0.25, -0.2) is 4.79 Å². The first-order valence-corrected chi connectivity index (χ1v) is 8.16. The molecule has 0 spiro atoms. The number of amides is 2. The molecule has 9 nitrogen and oxygen atoms in total. The summed E-state index contributed by atoms with van der Waals surface area (Å²) in [6.07, 6.45) is 0.746. The third-order valence-corrected chi connectivity index (χ3v) is 4.13. The summed E-state index contributed by atoms with van der Waals surface area (Å²) < 4.78 is 5.28. The van der Waals surface area contributed by atoms with Crippen LogP contribution in [0.25, 0.3) is 0 Å². The summed E-state index contributed by atoms with van der Waals surface area (Å²) >= 11 is 0. The molecule has 1 aromatic carbocycles. The van der Waals surface area contributed by atoms with Gasteiger partial charge in [-0.1, -0.05) is 24.3 Å². The van der Waals surface area contributed by atoms with Crippen molar-refractivity contribution in [2.24, 2.45) is 10.9 Å². The summed E-state index contributed by atoms with van der Waals surface area (Å²) in [6, 6.07) is 7.21. The highest BCUT2D eigenvalue weighted by Crippen LogP contribution is 2.31. The van der Waals surface area contributed by atoms with E-state index >= 15 is 0 Å². The highest BCUT2D eigenvalue weighted by molar-refractivity contribution is 5.79. The second kappa shape index (κ2) is 8.84. The number of nitrogens with one attached hydrogen (secondary N) is 1. The van der Waals surface area contributed by atoms with Gasteiger partial charge in [0.15, 0.2) is 0 Å². The van der Waals surface area contributed by atoms with Crippen LogP contribution in [0.1, 0.15) is 36.4 Å². The number of rotatable bonds is 7. The van der Waals surface area contributed by atoms with E-state index in [-0.39, 0.29) is 31.3 Å². The second-order valence-electron chi connectivity index (χ2n) is 6.01. The number of carbonyl (C=O) groups excluding carboxylic acids is 2. The van der Waals surface area contributed by atoms with Crippen LogP contribution in [0.15, 0.2) is 29.4 Å². The molecule has 0 aliphatic carbocycles. The van der Waals surface area contributed by atoms with Crippen molar-refractivity contribution in [3.8, 4) is 0 Å². The molecule has 26 heavy (non-hydrogen) atoms. The number of carbonyl (C=O) groups is 3. The molecule has 2 amide bonds. The molecule has 0 radical (unpaired) electrons. The number of carboxylic acids is 1. The van der Waals surface area contributed by atoms with Crippen molar-refractivity contribution < 1.29 is 24.2 Å². The Kier molecular flexibility index (Phi) is 6.54.